The van der Waals surface area contributed by atoms with Crippen LogP contribution in [0.1, 0.15) is 12.8 Å². The highest BCUT2D eigenvalue weighted by Gasteiger charge is 2.40. The van der Waals surface area contributed by atoms with Crippen LogP contribution < -0.4 is 11.1 Å². The number of fused-ring (bicyclic) bond motifs is 2. The number of carbonyl (C=O) groups excluding carboxylic acids is 2. The standard InChI is InChI=1S/C7H11N3O2/c8-6(11)5-2-1-4-3-10(5)7(12)9-4/h4-5H,1-3H2,(H2,8,11)(H,9,12)/t4?,5-/m0/s1. The second kappa shape index (κ2) is 2.36. The summed E-state index contributed by atoms with van der Waals surface area (Å²) in [6.07, 6.45) is 1.55. The fraction of sp³-hybridized carbons (Fsp3) is 0.714. The summed E-state index contributed by atoms with van der Waals surface area (Å²) in [5.41, 5.74) is 5.15. The second-order valence-electron chi connectivity index (χ2n) is 3.29. The van der Waals surface area contributed by atoms with Gasteiger partial charge in [0.1, 0.15) is 6.04 Å². The zero-order valence-corrected chi connectivity index (χ0v) is 6.62. The van der Waals surface area contributed by atoms with Gasteiger partial charge in [0.05, 0.1) is 0 Å². The zero-order valence-electron chi connectivity index (χ0n) is 6.62. The van der Waals surface area contributed by atoms with E-state index >= 15 is 0 Å². The maximum Gasteiger partial charge on any atom is 0.318 e. The molecule has 1 unspecified atom stereocenters. The van der Waals surface area contributed by atoms with E-state index in [4.69, 9.17) is 5.73 Å². The van der Waals surface area contributed by atoms with E-state index in [1.54, 1.807) is 0 Å². The first-order valence-electron chi connectivity index (χ1n) is 4.05. The number of rotatable bonds is 1. The molecule has 5 heteroatoms. The first-order valence-corrected chi connectivity index (χ1v) is 4.05. The van der Waals surface area contributed by atoms with Crippen molar-refractivity contribution < 1.29 is 9.59 Å². The molecule has 2 fully saturated rings. The number of nitrogens with two attached hydrogens (primary N) is 1. The van der Waals surface area contributed by atoms with E-state index < -0.39 is 5.91 Å². The molecule has 5 nitrogen and oxygen atoms in total. The fourth-order valence-corrected chi connectivity index (χ4v) is 1.87. The number of primary amides is 1. The van der Waals surface area contributed by atoms with E-state index in [1.807, 2.05) is 0 Å². The van der Waals surface area contributed by atoms with E-state index in [-0.39, 0.29) is 18.1 Å². The number of piperidine rings is 1. The summed E-state index contributed by atoms with van der Waals surface area (Å²) in [5.74, 6) is -0.398. The van der Waals surface area contributed by atoms with Gasteiger partial charge < -0.3 is 16.0 Å². The number of urea groups is 1. The third-order valence-corrected chi connectivity index (χ3v) is 2.50. The van der Waals surface area contributed by atoms with Crippen molar-refractivity contribution in [2.45, 2.75) is 24.9 Å². The Bertz CT molecular complexity index is 241. The topological polar surface area (TPSA) is 75.4 Å². The van der Waals surface area contributed by atoms with Crippen LogP contribution in [0.4, 0.5) is 4.79 Å². The van der Waals surface area contributed by atoms with Crippen LogP contribution in [0.5, 0.6) is 0 Å². The molecule has 2 bridgehead atoms. The number of hydrogen-bond donors (Lipinski definition) is 2. The van der Waals surface area contributed by atoms with E-state index in [0.29, 0.717) is 13.0 Å². The monoisotopic (exact) mass is 169 g/mol. The number of carbonyl (C=O) groups is 2. The summed E-state index contributed by atoms with van der Waals surface area (Å²) in [4.78, 5) is 23.6. The van der Waals surface area contributed by atoms with Gasteiger partial charge in [-0.3, -0.25) is 4.79 Å². The molecule has 0 aliphatic carbocycles. The molecule has 0 aromatic carbocycles. The predicted molar refractivity (Wildman–Crippen MR) is 41.2 cm³/mol. The van der Waals surface area contributed by atoms with Gasteiger partial charge in [-0.25, -0.2) is 4.79 Å². The minimum absolute atomic E-state index is 0.152. The van der Waals surface area contributed by atoms with E-state index in [1.165, 1.54) is 4.90 Å². The summed E-state index contributed by atoms with van der Waals surface area (Å²) in [6.45, 7) is 0.631. The lowest BCUT2D eigenvalue weighted by molar-refractivity contribution is -0.122. The van der Waals surface area contributed by atoms with Crippen molar-refractivity contribution in [1.82, 2.24) is 10.2 Å². The van der Waals surface area contributed by atoms with Crippen molar-refractivity contribution in [3.05, 3.63) is 0 Å². The molecule has 2 rings (SSSR count). The number of nitrogens with zero attached hydrogens (tertiary/aromatic N) is 1. The molecule has 3 amide bonds. The Labute approximate surface area is 69.9 Å². The van der Waals surface area contributed by atoms with Crippen LogP contribution in [0.15, 0.2) is 0 Å². The average Bonchev–Trinajstić information content (AvgIpc) is 2.28. The predicted octanol–water partition coefficient (Wildman–Crippen LogP) is -0.972. The van der Waals surface area contributed by atoms with Crippen LogP contribution in [0.2, 0.25) is 0 Å². The Kier molecular flexibility index (Phi) is 1.46. The maximum absolute atomic E-state index is 11.2. The van der Waals surface area contributed by atoms with E-state index in [2.05, 4.69) is 5.32 Å². The normalized spacial score (nSPS) is 33.3. The summed E-state index contributed by atoms with van der Waals surface area (Å²) in [6, 6.07) is -0.307. The first-order chi connectivity index (χ1) is 5.68. The van der Waals surface area contributed by atoms with Gasteiger partial charge in [0, 0.05) is 12.6 Å². The van der Waals surface area contributed by atoms with Crippen LogP contribution in [-0.4, -0.2) is 35.5 Å². The quantitative estimate of drug-likeness (QED) is 0.529. The zero-order chi connectivity index (χ0) is 8.72. The fourth-order valence-electron chi connectivity index (χ4n) is 1.87. The van der Waals surface area contributed by atoms with Crippen LogP contribution >= 0.6 is 0 Å². The summed E-state index contributed by atoms with van der Waals surface area (Å²) in [5, 5.41) is 2.78. The smallest absolute Gasteiger partial charge is 0.318 e. The molecule has 2 saturated heterocycles. The minimum Gasteiger partial charge on any atom is -0.368 e. The third-order valence-electron chi connectivity index (χ3n) is 2.50. The van der Waals surface area contributed by atoms with Crippen molar-refractivity contribution in [3.8, 4) is 0 Å². The average molecular weight is 169 g/mol. The van der Waals surface area contributed by atoms with Gasteiger partial charge in [0.15, 0.2) is 0 Å². The molecule has 12 heavy (non-hydrogen) atoms. The highest BCUT2D eigenvalue weighted by molar-refractivity contribution is 5.87. The molecule has 2 atom stereocenters. The van der Waals surface area contributed by atoms with Gasteiger partial charge in [0.25, 0.3) is 0 Å². The maximum atomic E-state index is 11.2. The van der Waals surface area contributed by atoms with Crippen molar-refractivity contribution in [2.75, 3.05) is 6.54 Å². The second-order valence-corrected chi connectivity index (χ2v) is 3.29. The molecule has 0 aromatic rings. The van der Waals surface area contributed by atoms with Gasteiger partial charge >= 0.3 is 6.03 Å². The van der Waals surface area contributed by atoms with Crippen molar-refractivity contribution in [3.63, 3.8) is 0 Å². The van der Waals surface area contributed by atoms with Crippen molar-refractivity contribution in [1.29, 1.82) is 0 Å². The lowest BCUT2D eigenvalue weighted by Crippen LogP contribution is -2.47. The van der Waals surface area contributed by atoms with Crippen LogP contribution in [-0.2, 0) is 4.79 Å². The Hall–Kier alpha value is -1.26. The summed E-state index contributed by atoms with van der Waals surface area (Å²) < 4.78 is 0. The highest BCUT2D eigenvalue weighted by atomic mass is 16.2. The minimum atomic E-state index is -0.398. The van der Waals surface area contributed by atoms with Gasteiger partial charge in [-0.15, -0.1) is 0 Å². The summed E-state index contributed by atoms with van der Waals surface area (Å²) in [7, 11) is 0. The molecular weight excluding hydrogens is 158 g/mol. The lowest BCUT2D eigenvalue weighted by Gasteiger charge is -2.27. The van der Waals surface area contributed by atoms with E-state index in [9.17, 15) is 9.59 Å². The SMILES string of the molecule is NC(=O)[C@@H]1CCC2CN1C(=O)N2. The molecular formula is C7H11N3O2. The summed E-state index contributed by atoms with van der Waals surface area (Å²) >= 11 is 0. The Morgan fingerprint density at radius 1 is 1.58 bits per heavy atom. The molecule has 0 aromatic heterocycles. The van der Waals surface area contributed by atoms with Crippen molar-refractivity contribution in [2.24, 2.45) is 5.73 Å². The Morgan fingerprint density at radius 3 is 3.00 bits per heavy atom. The van der Waals surface area contributed by atoms with Gasteiger partial charge in [-0.1, -0.05) is 0 Å². The van der Waals surface area contributed by atoms with Gasteiger partial charge in [-0.05, 0) is 12.8 Å². The molecule has 0 spiro atoms. The Balaban J connectivity index is 2.18. The Morgan fingerprint density at radius 2 is 2.33 bits per heavy atom. The molecule has 2 heterocycles. The van der Waals surface area contributed by atoms with Crippen LogP contribution in [0.3, 0.4) is 0 Å². The molecule has 0 saturated carbocycles. The van der Waals surface area contributed by atoms with Crippen molar-refractivity contribution >= 4 is 11.9 Å². The number of hydrogen-bond acceptors (Lipinski definition) is 2. The van der Waals surface area contributed by atoms with Gasteiger partial charge in [-0.2, -0.15) is 0 Å². The number of nitrogens with one attached hydrogen (secondary N) is 1. The third kappa shape index (κ3) is 0.929. The molecule has 66 valence electrons. The molecule has 3 N–H and O–H groups in total. The molecule has 2 aliphatic heterocycles. The van der Waals surface area contributed by atoms with Crippen LogP contribution in [0, 0.1) is 0 Å². The number of amides is 3. The van der Waals surface area contributed by atoms with Gasteiger partial charge in [0.2, 0.25) is 5.91 Å². The first kappa shape index (κ1) is 7.39. The highest BCUT2D eigenvalue weighted by Crippen LogP contribution is 2.22. The van der Waals surface area contributed by atoms with E-state index in [0.717, 1.165) is 6.42 Å². The molecule has 2 aliphatic rings. The van der Waals surface area contributed by atoms with Crippen LogP contribution in [0.25, 0.3) is 0 Å². The molecule has 0 radical (unpaired) electrons. The lowest BCUT2D eigenvalue weighted by atomic mass is 10.0. The largest absolute Gasteiger partial charge is 0.368 e.